The molecule has 0 unspecified atom stereocenters. The van der Waals surface area contributed by atoms with E-state index in [1.807, 2.05) is 24.3 Å². The minimum atomic E-state index is 0.0456. The smallest absolute Gasteiger partial charge is 0.254 e. The topological polar surface area (TPSA) is 72.1 Å². The summed E-state index contributed by atoms with van der Waals surface area (Å²) in [6, 6.07) is 7.72. The first-order valence-corrected chi connectivity index (χ1v) is 6.47. The molecule has 3 rings (SSSR count). The van der Waals surface area contributed by atoms with Crippen LogP contribution in [0.15, 0.2) is 24.3 Å². The third-order valence-electron chi connectivity index (χ3n) is 3.11. The first-order valence-electron chi connectivity index (χ1n) is 5.69. The van der Waals surface area contributed by atoms with Gasteiger partial charge in [-0.05, 0) is 18.1 Å². The number of carbonyl (C=O) groups is 1. The van der Waals surface area contributed by atoms with Gasteiger partial charge in [-0.1, -0.05) is 22.7 Å². The highest BCUT2D eigenvalue weighted by molar-refractivity contribution is 7.09. The van der Waals surface area contributed by atoms with Crippen molar-refractivity contribution in [1.82, 2.24) is 14.5 Å². The van der Waals surface area contributed by atoms with Gasteiger partial charge in [0.1, 0.15) is 10.7 Å². The number of fused-ring (bicyclic) bond motifs is 1. The Labute approximate surface area is 108 Å². The zero-order valence-electron chi connectivity index (χ0n) is 9.67. The van der Waals surface area contributed by atoms with Gasteiger partial charge >= 0.3 is 0 Å². The number of aromatic nitrogens is 2. The van der Waals surface area contributed by atoms with E-state index in [0.717, 1.165) is 29.1 Å². The van der Waals surface area contributed by atoms with Crippen molar-refractivity contribution < 1.29 is 4.79 Å². The van der Waals surface area contributed by atoms with E-state index in [4.69, 9.17) is 5.73 Å². The van der Waals surface area contributed by atoms with Gasteiger partial charge in [-0.3, -0.25) is 4.79 Å². The Balaban J connectivity index is 1.85. The molecule has 0 spiro atoms. The number of hydrogen-bond donors (Lipinski definition) is 1. The average Bonchev–Trinajstić information content (AvgIpc) is 2.79. The molecule has 0 radical (unpaired) electrons. The highest BCUT2D eigenvalue weighted by Gasteiger charge is 2.25. The molecule has 2 heterocycles. The number of nitrogens with two attached hydrogens (primary N) is 1. The predicted octanol–water partition coefficient (Wildman–Crippen LogP) is 1.32. The van der Waals surface area contributed by atoms with E-state index >= 15 is 0 Å². The quantitative estimate of drug-likeness (QED) is 0.884. The first kappa shape index (κ1) is 11.2. The monoisotopic (exact) mass is 260 g/mol. The average molecular weight is 260 g/mol. The van der Waals surface area contributed by atoms with Crippen LogP contribution in [0.25, 0.3) is 0 Å². The maximum Gasteiger partial charge on any atom is 0.254 e. The Bertz CT molecular complexity index is 595. The molecule has 1 aromatic carbocycles. The molecule has 2 aromatic rings. The van der Waals surface area contributed by atoms with Gasteiger partial charge in [0.15, 0.2) is 0 Å². The molecule has 6 heteroatoms. The van der Waals surface area contributed by atoms with E-state index in [1.165, 1.54) is 0 Å². The van der Waals surface area contributed by atoms with Crippen LogP contribution in [0.2, 0.25) is 0 Å². The second-order valence-corrected chi connectivity index (χ2v) is 5.00. The van der Waals surface area contributed by atoms with Gasteiger partial charge in [-0.2, -0.15) is 0 Å². The van der Waals surface area contributed by atoms with E-state index in [9.17, 15) is 4.79 Å². The van der Waals surface area contributed by atoms with Crippen LogP contribution in [0.3, 0.4) is 0 Å². The van der Waals surface area contributed by atoms with Crippen LogP contribution in [-0.4, -0.2) is 26.9 Å². The Morgan fingerprint density at radius 2 is 2.22 bits per heavy atom. The van der Waals surface area contributed by atoms with Crippen LogP contribution in [-0.2, 0) is 13.0 Å². The second kappa shape index (κ2) is 4.38. The molecular weight excluding hydrogens is 248 g/mol. The van der Waals surface area contributed by atoms with Gasteiger partial charge in [-0.25, -0.2) is 0 Å². The molecule has 0 saturated heterocycles. The molecule has 1 amide bonds. The van der Waals surface area contributed by atoms with Crippen LogP contribution in [0, 0.1) is 0 Å². The number of carbonyl (C=O) groups excluding carboxylic acids is 1. The zero-order valence-corrected chi connectivity index (χ0v) is 10.5. The minimum Gasteiger partial charge on any atom is -0.388 e. The number of nitrogen functional groups attached to an aromatic ring is 1. The van der Waals surface area contributed by atoms with E-state index in [2.05, 4.69) is 9.59 Å². The highest BCUT2D eigenvalue weighted by atomic mass is 32.1. The summed E-state index contributed by atoms with van der Waals surface area (Å²) < 4.78 is 3.79. The number of benzene rings is 1. The molecule has 1 aliphatic heterocycles. The number of anilines is 1. The van der Waals surface area contributed by atoms with Crippen molar-refractivity contribution in [2.75, 3.05) is 12.3 Å². The molecular formula is C12H12N4OS. The summed E-state index contributed by atoms with van der Waals surface area (Å²) in [6.07, 6.45) is 0.874. The first-order chi connectivity index (χ1) is 8.75. The van der Waals surface area contributed by atoms with Gasteiger partial charge in [0.2, 0.25) is 0 Å². The van der Waals surface area contributed by atoms with Crippen molar-refractivity contribution in [3.63, 3.8) is 0 Å². The van der Waals surface area contributed by atoms with Crippen LogP contribution in [0.5, 0.6) is 0 Å². The molecule has 2 N–H and O–H groups in total. The predicted molar refractivity (Wildman–Crippen MR) is 69.2 cm³/mol. The summed E-state index contributed by atoms with van der Waals surface area (Å²) in [5.74, 6) is 0.0456. The summed E-state index contributed by atoms with van der Waals surface area (Å²) in [5.41, 5.74) is 8.34. The number of nitrogens with zero attached hydrogens (tertiary/aromatic N) is 3. The Morgan fingerprint density at radius 3 is 3.00 bits per heavy atom. The molecule has 0 fully saturated rings. The molecule has 18 heavy (non-hydrogen) atoms. The maximum absolute atomic E-state index is 12.3. The third-order valence-corrected chi connectivity index (χ3v) is 3.71. The van der Waals surface area contributed by atoms with Crippen LogP contribution in [0.1, 0.15) is 21.6 Å². The fourth-order valence-electron chi connectivity index (χ4n) is 2.13. The molecule has 0 bridgehead atoms. The van der Waals surface area contributed by atoms with Gasteiger partial charge in [-0.15, -0.1) is 5.10 Å². The van der Waals surface area contributed by atoms with E-state index in [0.29, 0.717) is 23.8 Å². The van der Waals surface area contributed by atoms with Crippen molar-refractivity contribution >= 4 is 22.4 Å². The lowest BCUT2D eigenvalue weighted by Gasteiger charge is -2.27. The fourth-order valence-corrected chi connectivity index (χ4v) is 2.57. The Hall–Kier alpha value is -1.95. The van der Waals surface area contributed by atoms with E-state index < -0.39 is 0 Å². The van der Waals surface area contributed by atoms with Gasteiger partial charge in [0.25, 0.3) is 5.91 Å². The van der Waals surface area contributed by atoms with Gasteiger partial charge in [0.05, 0.1) is 6.54 Å². The summed E-state index contributed by atoms with van der Waals surface area (Å²) >= 11 is 1.16. The van der Waals surface area contributed by atoms with Gasteiger partial charge < -0.3 is 10.6 Å². The van der Waals surface area contributed by atoms with Crippen molar-refractivity contribution in [2.24, 2.45) is 0 Å². The number of amides is 1. The van der Waals surface area contributed by atoms with Crippen LogP contribution < -0.4 is 5.73 Å². The lowest BCUT2D eigenvalue weighted by molar-refractivity contribution is 0.0725. The molecule has 5 nitrogen and oxygen atoms in total. The van der Waals surface area contributed by atoms with Crippen molar-refractivity contribution in [3.05, 3.63) is 41.1 Å². The van der Waals surface area contributed by atoms with E-state index in [-0.39, 0.29) is 5.91 Å². The fraction of sp³-hybridized carbons (Fsp3) is 0.250. The number of rotatable bonds is 2. The molecule has 1 aromatic heterocycles. The zero-order chi connectivity index (χ0) is 12.5. The molecule has 0 atom stereocenters. The van der Waals surface area contributed by atoms with Crippen LogP contribution >= 0.6 is 11.5 Å². The Kier molecular flexibility index (Phi) is 2.71. The SMILES string of the molecule is Nc1snnc1CN1CCc2ccccc2C1=O. The normalized spacial score (nSPS) is 14.7. The molecule has 0 aliphatic carbocycles. The van der Waals surface area contributed by atoms with Crippen molar-refractivity contribution in [2.45, 2.75) is 13.0 Å². The van der Waals surface area contributed by atoms with Crippen LogP contribution in [0.4, 0.5) is 5.00 Å². The molecule has 0 saturated carbocycles. The molecule has 92 valence electrons. The van der Waals surface area contributed by atoms with Gasteiger partial charge in [0, 0.05) is 23.6 Å². The largest absolute Gasteiger partial charge is 0.388 e. The lowest BCUT2D eigenvalue weighted by atomic mass is 9.99. The molecule has 1 aliphatic rings. The van der Waals surface area contributed by atoms with Crippen molar-refractivity contribution in [3.8, 4) is 0 Å². The second-order valence-electron chi connectivity index (χ2n) is 4.22. The minimum absolute atomic E-state index is 0.0456. The standard InChI is InChI=1S/C12H12N4OS/c13-11-10(14-15-18-11)7-16-6-5-8-3-1-2-4-9(8)12(16)17/h1-4H,5-7,13H2. The lowest BCUT2D eigenvalue weighted by Crippen LogP contribution is -2.37. The summed E-state index contributed by atoms with van der Waals surface area (Å²) in [6.45, 7) is 1.14. The van der Waals surface area contributed by atoms with E-state index in [1.54, 1.807) is 4.90 Å². The number of hydrogen-bond acceptors (Lipinski definition) is 5. The highest BCUT2D eigenvalue weighted by Crippen LogP contribution is 2.22. The summed E-state index contributed by atoms with van der Waals surface area (Å²) in [7, 11) is 0. The Morgan fingerprint density at radius 1 is 1.39 bits per heavy atom. The maximum atomic E-state index is 12.3. The third kappa shape index (κ3) is 1.84. The summed E-state index contributed by atoms with van der Waals surface area (Å²) in [4.78, 5) is 14.1. The summed E-state index contributed by atoms with van der Waals surface area (Å²) in [5, 5.41) is 4.53. The van der Waals surface area contributed by atoms with Crippen molar-refractivity contribution in [1.29, 1.82) is 0 Å².